The Kier molecular flexibility index (Phi) is 6.28. The van der Waals surface area contributed by atoms with Gasteiger partial charge >= 0.3 is 5.97 Å². The highest BCUT2D eigenvalue weighted by Crippen LogP contribution is 2.55. The van der Waals surface area contributed by atoms with Crippen LogP contribution in [0.1, 0.15) is 62.2 Å². The summed E-state index contributed by atoms with van der Waals surface area (Å²) < 4.78 is 17.0. The number of carbonyl (C=O) groups excluding carboxylic acids is 2. The molecular formula is C23H30BrNO5. The monoisotopic (exact) mass is 479 g/mol. The summed E-state index contributed by atoms with van der Waals surface area (Å²) >= 11 is 3.43. The van der Waals surface area contributed by atoms with Gasteiger partial charge < -0.3 is 19.5 Å². The van der Waals surface area contributed by atoms with Crippen molar-refractivity contribution in [1.29, 1.82) is 0 Å². The largest absolute Gasteiger partial charge is 0.493 e. The van der Waals surface area contributed by atoms with E-state index < -0.39 is 5.97 Å². The average Bonchev–Trinajstić information content (AvgIpc) is 2.69. The second-order valence-corrected chi connectivity index (χ2v) is 10.0. The minimum absolute atomic E-state index is 0.0806. The van der Waals surface area contributed by atoms with Crippen LogP contribution in [0.25, 0.3) is 0 Å². The normalized spacial score (nSPS) is 28.8. The van der Waals surface area contributed by atoms with Crippen LogP contribution in [0.15, 0.2) is 16.6 Å². The molecule has 0 atom stereocenters. The molecule has 4 fully saturated rings. The van der Waals surface area contributed by atoms with E-state index in [-0.39, 0.29) is 18.1 Å². The van der Waals surface area contributed by atoms with E-state index >= 15 is 0 Å². The summed E-state index contributed by atoms with van der Waals surface area (Å²) in [7, 11) is 1.52. The van der Waals surface area contributed by atoms with Crippen molar-refractivity contribution >= 4 is 27.8 Å². The highest BCUT2D eigenvalue weighted by molar-refractivity contribution is 9.10. The molecule has 4 bridgehead atoms. The highest BCUT2D eigenvalue weighted by atomic mass is 79.9. The highest BCUT2D eigenvalue weighted by Gasteiger charge is 2.51. The number of esters is 1. The minimum atomic E-state index is -0.559. The molecule has 0 unspecified atom stereocenters. The third-order valence-electron chi connectivity index (χ3n) is 6.69. The molecule has 4 aliphatic carbocycles. The van der Waals surface area contributed by atoms with Gasteiger partial charge in [-0.3, -0.25) is 4.79 Å². The molecule has 0 aromatic heterocycles. The van der Waals surface area contributed by atoms with Crippen molar-refractivity contribution < 1.29 is 23.8 Å². The number of hydrogen-bond donors (Lipinski definition) is 1. The Hall–Kier alpha value is -1.76. The van der Waals surface area contributed by atoms with E-state index in [0.29, 0.717) is 28.1 Å². The molecule has 6 nitrogen and oxygen atoms in total. The van der Waals surface area contributed by atoms with Gasteiger partial charge in [-0.25, -0.2) is 4.79 Å². The summed E-state index contributed by atoms with van der Waals surface area (Å²) in [6.45, 7) is 2.29. The van der Waals surface area contributed by atoms with Gasteiger partial charge in [-0.1, -0.05) is 6.92 Å². The molecule has 5 rings (SSSR count). The van der Waals surface area contributed by atoms with E-state index in [1.165, 1.54) is 26.4 Å². The number of carbonyl (C=O) groups is 2. The quantitative estimate of drug-likeness (QED) is 0.556. The van der Waals surface area contributed by atoms with Gasteiger partial charge in [0.1, 0.15) is 0 Å². The number of nitrogens with one attached hydrogen (secondary N) is 1. The summed E-state index contributed by atoms with van der Waals surface area (Å²) in [6, 6.07) is 3.21. The summed E-state index contributed by atoms with van der Waals surface area (Å²) in [6.07, 6.45) is 8.03. The number of rotatable bonds is 8. The lowest BCUT2D eigenvalue weighted by atomic mass is 9.53. The first-order valence-corrected chi connectivity index (χ1v) is 11.7. The van der Waals surface area contributed by atoms with Crippen molar-refractivity contribution in [3.05, 3.63) is 22.2 Å². The van der Waals surface area contributed by atoms with Crippen molar-refractivity contribution in [3.63, 3.8) is 0 Å². The Morgan fingerprint density at radius 3 is 2.33 bits per heavy atom. The summed E-state index contributed by atoms with van der Waals surface area (Å²) in [4.78, 5) is 25.1. The number of amides is 1. The van der Waals surface area contributed by atoms with Gasteiger partial charge in [0.25, 0.3) is 5.91 Å². The van der Waals surface area contributed by atoms with Crippen molar-refractivity contribution in [2.45, 2.75) is 57.4 Å². The first kappa shape index (κ1) is 21.5. The van der Waals surface area contributed by atoms with Crippen LogP contribution in [-0.4, -0.2) is 37.7 Å². The van der Waals surface area contributed by atoms with Gasteiger partial charge in [0.2, 0.25) is 0 Å². The van der Waals surface area contributed by atoms with Gasteiger partial charge in [0, 0.05) is 5.54 Å². The van der Waals surface area contributed by atoms with Crippen molar-refractivity contribution in [2.24, 2.45) is 17.8 Å². The molecule has 4 aliphatic rings. The van der Waals surface area contributed by atoms with Crippen LogP contribution in [0.3, 0.4) is 0 Å². The smallest absolute Gasteiger partial charge is 0.338 e. The molecule has 164 valence electrons. The van der Waals surface area contributed by atoms with Crippen LogP contribution in [-0.2, 0) is 9.53 Å². The second-order valence-electron chi connectivity index (χ2n) is 9.16. The Morgan fingerprint density at radius 2 is 1.77 bits per heavy atom. The Balaban J connectivity index is 1.35. The lowest BCUT2D eigenvalue weighted by molar-refractivity contribution is -0.130. The second kappa shape index (κ2) is 8.77. The minimum Gasteiger partial charge on any atom is -0.493 e. The number of methoxy groups -OCH3 is 1. The molecular weight excluding hydrogens is 450 g/mol. The number of benzene rings is 1. The molecule has 1 amide bonds. The zero-order valence-corrected chi connectivity index (χ0v) is 19.3. The summed E-state index contributed by atoms with van der Waals surface area (Å²) in [5.41, 5.74) is 0.230. The third kappa shape index (κ3) is 4.46. The molecule has 0 heterocycles. The summed E-state index contributed by atoms with van der Waals surface area (Å²) in [5, 5.41) is 3.23. The van der Waals surface area contributed by atoms with Gasteiger partial charge in [-0.05, 0) is 90.8 Å². The molecule has 0 aliphatic heterocycles. The summed E-state index contributed by atoms with van der Waals surface area (Å²) in [5.74, 6) is 2.47. The van der Waals surface area contributed by atoms with Crippen LogP contribution in [0, 0.1) is 17.8 Å². The lowest BCUT2D eigenvalue weighted by Gasteiger charge is -2.56. The average molecular weight is 480 g/mol. The molecule has 1 aromatic rings. The van der Waals surface area contributed by atoms with E-state index in [9.17, 15) is 9.59 Å². The third-order valence-corrected chi connectivity index (χ3v) is 7.28. The topological polar surface area (TPSA) is 73.9 Å². The molecule has 1 aromatic carbocycles. The standard InChI is InChI=1S/C23H30BrNO5/c1-3-4-29-21-18(24)8-17(9-19(21)28-2)22(27)30-13-20(26)25-23-10-14-5-15(11-23)7-16(6-14)12-23/h8-9,14-16H,3-7,10-13H2,1-2H3,(H,25,26). The number of ether oxygens (including phenoxy) is 3. The number of hydrogen-bond acceptors (Lipinski definition) is 5. The van der Waals surface area contributed by atoms with Gasteiger partial charge in [0.15, 0.2) is 18.1 Å². The van der Waals surface area contributed by atoms with Crippen LogP contribution in [0.4, 0.5) is 0 Å². The van der Waals surface area contributed by atoms with Crippen LogP contribution in [0.5, 0.6) is 11.5 Å². The first-order valence-electron chi connectivity index (χ1n) is 10.9. The lowest BCUT2D eigenvalue weighted by Crippen LogP contribution is -2.60. The molecule has 30 heavy (non-hydrogen) atoms. The molecule has 7 heteroatoms. The zero-order chi connectivity index (χ0) is 21.3. The first-order chi connectivity index (χ1) is 14.4. The Labute approximate surface area is 186 Å². The predicted octanol–water partition coefficient (Wildman–Crippen LogP) is 4.49. The maximum atomic E-state index is 12.6. The molecule has 1 N–H and O–H groups in total. The van der Waals surface area contributed by atoms with Crippen LogP contribution in [0.2, 0.25) is 0 Å². The molecule has 4 saturated carbocycles. The van der Waals surface area contributed by atoms with Gasteiger partial charge in [0.05, 0.1) is 23.8 Å². The van der Waals surface area contributed by atoms with Crippen LogP contribution >= 0.6 is 15.9 Å². The van der Waals surface area contributed by atoms with Crippen molar-refractivity contribution in [2.75, 3.05) is 20.3 Å². The van der Waals surface area contributed by atoms with Gasteiger partial charge in [-0.2, -0.15) is 0 Å². The van der Waals surface area contributed by atoms with E-state index in [2.05, 4.69) is 21.2 Å². The Bertz CT molecular complexity index is 789. The van der Waals surface area contributed by atoms with Crippen LogP contribution < -0.4 is 14.8 Å². The van der Waals surface area contributed by atoms with Crippen molar-refractivity contribution in [1.82, 2.24) is 5.32 Å². The zero-order valence-electron chi connectivity index (χ0n) is 17.7. The molecule has 0 radical (unpaired) electrons. The number of halogens is 1. The fourth-order valence-electron chi connectivity index (χ4n) is 5.99. The SMILES string of the molecule is CCCOc1c(Br)cc(C(=O)OCC(=O)NC23CC4CC(CC(C4)C2)C3)cc1OC. The fourth-order valence-corrected chi connectivity index (χ4v) is 6.55. The molecule has 0 spiro atoms. The Morgan fingerprint density at radius 1 is 1.13 bits per heavy atom. The van der Waals surface area contributed by atoms with E-state index in [0.717, 1.165) is 43.4 Å². The maximum absolute atomic E-state index is 12.6. The van der Waals surface area contributed by atoms with Crippen molar-refractivity contribution in [3.8, 4) is 11.5 Å². The van der Waals surface area contributed by atoms with E-state index in [4.69, 9.17) is 14.2 Å². The maximum Gasteiger partial charge on any atom is 0.338 e. The fraction of sp³-hybridized carbons (Fsp3) is 0.652. The van der Waals surface area contributed by atoms with E-state index in [1.54, 1.807) is 12.1 Å². The van der Waals surface area contributed by atoms with E-state index in [1.807, 2.05) is 6.92 Å². The predicted molar refractivity (Wildman–Crippen MR) is 116 cm³/mol. The molecule has 0 saturated heterocycles. The van der Waals surface area contributed by atoms with Gasteiger partial charge in [-0.15, -0.1) is 0 Å².